The van der Waals surface area contributed by atoms with Crippen LogP contribution in [0.25, 0.3) is 0 Å². The topological polar surface area (TPSA) is 55.8 Å². The molecule has 0 N–H and O–H groups in total. The summed E-state index contributed by atoms with van der Waals surface area (Å²) in [6.45, 7) is 0.261. The lowest BCUT2D eigenvalue weighted by atomic mass is 10.1. The van der Waals surface area contributed by atoms with E-state index < -0.39 is 10.8 Å². The van der Waals surface area contributed by atoms with Gasteiger partial charge in [-0.25, -0.2) is 4.57 Å². The summed E-state index contributed by atoms with van der Waals surface area (Å²) in [6, 6.07) is 7.51. The number of benzene rings is 1. The van der Waals surface area contributed by atoms with Crippen LogP contribution in [0.1, 0.15) is 16.4 Å². The van der Waals surface area contributed by atoms with Gasteiger partial charge >= 0.3 is 0 Å². The van der Waals surface area contributed by atoms with Crippen LogP contribution >= 0.6 is 15.9 Å². The molecule has 0 bridgehead atoms. The highest BCUT2D eigenvalue weighted by atomic mass is 79.9. The van der Waals surface area contributed by atoms with Crippen molar-refractivity contribution in [2.45, 2.75) is 12.6 Å². The summed E-state index contributed by atoms with van der Waals surface area (Å²) in [5.41, 5.74) is 0.679. The maximum Gasteiger partial charge on any atom is 0.265 e. The van der Waals surface area contributed by atoms with Crippen LogP contribution < -0.4 is 4.57 Å². The molecule has 0 unspecified atom stereocenters. The van der Waals surface area contributed by atoms with Crippen LogP contribution in [-0.4, -0.2) is 31.3 Å². The average molecular weight is 355 g/mol. The van der Waals surface area contributed by atoms with E-state index in [0.29, 0.717) is 17.1 Å². The van der Waals surface area contributed by atoms with Crippen molar-refractivity contribution >= 4 is 32.5 Å². The number of halogens is 1. The molecule has 1 saturated heterocycles. The van der Waals surface area contributed by atoms with Gasteiger partial charge in [-0.1, -0.05) is 28.1 Å². The van der Waals surface area contributed by atoms with Crippen molar-refractivity contribution in [3.8, 4) is 0 Å². The van der Waals surface area contributed by atoms with Crippen molar-refractivity contribution in [3.05, 3.63) is 47.0 Å². The fraction of sp³-hybridized carbons (Fsp3) is 0.308. The van der Waals surface area contributed by atoms with E-state index in [1.54, 1.807) is 34.0 Å². The molecule has 104 valence electrons. The molecule has 0 atom stereocenters. The first-order valence-corrected chi connectivity index (χ1v) is 8.47. The second-order valence-corrected chi connectivity index (χ2v) is 7.22. The minimum Gasteiger partial charge on any atom is -0.291 e. The lowest BCUT2D eigenvalue weighted by Gasteiger charge is -2.19. The zero-order chi connectivity index (χ0) is 14.1. The summed E-state index contributed by atoms with van der Waals surface area (Å²) in [5, 5.41) is 4.22. The zero-order valence-corrected chi connectivity index (χ0v) is 13.0. The molecule has 0 radical (unpaired) electrons. The van der Waals surface area contributed by atoms with Crippen LogP contribution in [0.2, 0.25) is 0 Å². The number of carbonyl (C=O) groups excluding carboxylic acids is 1. The Morgan fingerprint density at radius 3 is 2.75 bits per heavy atom. The van der Waals surface area contributed by atoms with E-state index >= 15 is 0 Å². The molecule has 0 spiro atoms. The van der Waals surface area contributed by atoms with Crippen LogP contribution in [0, 0.1) is 0 Å². The first kappa shape index (κ1) is 13.6. The van der Waals surface area contributed by atoms with Gasteiger partial charge in [0.15, 0.2) is 5.78 Å². The minimum absolute atomic E-state index is 0.0410. The standard InChI is InChI=1S/C13H13BrN3O2S/c14-11-3-1-10(2-4-11)13(18)5-16-8-15-17(9-16)12-6-20(19)7-12/h1-4,8-9,12H,5-7H2/q+1. The second kappa shape index (κ2) is 5.57. The quantitative estimate of drug-likeness (QED) is 0.610. The largest absolute Gasteiger partial charge is 0.291 e. The van der Waals surface area contributed by atoms with Gasteiger partial charge in [0.05, 0.1) is 11.5 Å². The van der Waals surface area contributed by atoms with Gasteiger partial charge in [-0.2, -0.15) is 0 Å². The Bertz CT molecular complexity index is 661. The molecular formula is C13H13BrN3O2S+. The Kier molecular flexibility index (Phi) is 3.80. The maximum absolute atomic E-state index is 12.1. The molecule has 0 amide bonds. The van der Waals surface area contributed by atoms with Crippen molar-refractivity contribution in [1.82, 2.24) is 9.78 Å². The number of hydrogen-bond donors (Lipinski definition) is 0. The van der Waals surface area contributed by atoms with Crippen molar-refractivity contribution in [3.63, 3.8) is 0 Å². The fourth-order valence-electron chi connectivity index (χ4n) is 2.03. The van der Waals surface area contributed by atoms with Crippen LogP contribution in [0.3, 0.4) is 0 Å². The molecule has 1 fully saturated rings. The van der Waals surface area contributed by atoms with Crippen molar-refractivity contribution < 1.29 is 13.6 Å². The number of ketones is 1. The highest BCUT2D eigenvalue weighted by Gasteiger charge is 2.32. The summed E-state index contributed by atoms with van der Waals surface area (Å²) in [4.78, 5) is 12.1. The molecule has 3 rings (SSSR count). The van der Waals surface area contributed by atoms with E-state index in [-0.39, 0.29) is 18.4 Å². The molecular weight excluding hydrogens is 342 g/mol. The summed E-state index contributed by atoms with van der Waals surface area (Å²) in [7, 11) is -0.697. The molecule has 0 aliphatic carbocycles. The van der Waals surface area contributed by atoms with Crippen molar-refractivity contribution in [2.24, 2.45) is 0 Å². The first-order chi connectivity index (χ1) is 9.61. The Balaban J connectivity index is 1.67. The van der Waals surface area contributed by atoms with E-state index in [4.69, 9.17) is 0 Å². The highest BCUT2D eigenvalue weighted by molar-refractivity contribution is 9.10. The predicted molar refractivity (Wildman–Crippen MR) is 77.8 cm³/mol. The summed E-state index contributed by atoms with van der Waals surface area (Å²) in [6.07, 6.45) is 3.44. The third-order valence-corrected chi connectivity index (χ3v) is 5.26. The van der Waals surface area contributed by atoms with Gasteiger partial charge < -0.3 is 0 Å². The Labute approximate surface area is 127 Å². The van der Waals surface area contributed by atoms with Gasteiger partial charge in [0.25, 0.3) is 6.33 Å². The summed E-state index contributed by atoms with van der Waals surface area (Å²) >= 11 is 3.35. The predicted octanol–water partition coefficient (Wildman–Crippen LogP) is 1.12. The Morgan fingerprint density at radius 1 is 1.40 bits per heavy atom. The van der Waals surface area contributed by atoms with Gasteiger partial charge in [-0.05, 0) is 12.1 Å². The molecule has 1 aliphatic heterocycles. The number of rotatable bonds is 4. The number of hydrogen-bond acceptors (Lipinski definition) is 3. The maximum atomic E-state index is 12.1. The average Bonchev–Trinajstić information content (AvgIpc) is 2.84. The Morgan fingerprint density at radius 2 is 2.10 bits per heavy atom. The van der Waals surface area contributed by atoms with E-state index in [1.807, 2.05) is 12.1 Å². The molecule has 5 nitrogen and oxygen atoms in total. The molecule has 2 aromatic rings. The third-order valence-electron chi connectivity index (χ3n) is 3.22. The minimum atomic E-state index is -0.697. The van der Waals surface area contributed by atoms with Crippen molar-refractivity contribution in [1.29, 1.82) is 0 Å². The van der Waals surface area contributed by atoms with Crippen LogP contribution in [-0.2, 0) is 17.3 Å². The normalized spacial score (nSPS) is 21.4. The number of nitrogens with zero attached hydrogens (tertiary/aromatic N) is 3. The number of Topliss-reactive ketones (excluding diaryl/α,β-unsaturated/α-hetero) is 1. The highest BCUT2D eigenvalue weighted by Crippen LogP contribution is 2.18. The van der Waals surface area contributed by atoms with Gasteiger partial charge in [0.1, 0.15) is 12.6 Å². The summed E-state index contributed by atoms with van der Waals surface area (Å²) in [5.74, 6) is 1.35. The first-order valence-electron chi connectivity index (χ1n) is 6.19. The fourth-order valence-corrected chi connectivity index (χ4v) is 3.36. The molecule has 0 saturated carbocycles. The molecule has 1 aliphatic rings. The zero-order valence-electron chi connectivity index (χ0n) is 10.6. The lowest BCUT2D eigenvalue weighted by molar-refractivity contribution is -0.684. The third kappa shape index (κ3) is 2.88. The SMILES string of the molecule is O=C(C[n+]1cnn(C2CS(=O)C2)c1)c1ccc(Br)cc1. The number of aromatic nitrogens is 3. The molecule has 1 aromatic carbocycles. The molecule has 1 aromatic heterocycles. The van der Waals surface area contributed by atoms with Gasteiger partial charge in [0, 0.05) is 25.9 Å². The number of carbonyl (C=O) groups is 1. The van der Waals surface area contributed by atoms with E-state index in [0.717, 1.165) is 4.47 Å². The van der Waals surface area contributed by atoms with Crippen LogP contribution in [0.5, 0.6) is 0 Å². The van der Waals surface area contributed by atoms with Gasteiger partial charge in [-0.3, -0.25) is 9.00 Å². The van der Waals surface area contributed by atoms with Crippen molar-refractivity contribution in [2.75, 3.05) is 11.5 Å². The van der Waals surface area contributed by atoms with E-state index in [2.05, 4.69) is 21.0 Å². The monoisotopic (exact) mass is 354 g/mol. The van der Waals surface area contributed by atoms with Gasteiger partial charge in [0.2, 0.25) is 6.33 Å². The van der Waals surface area contributed by atoms with Crippen LogP contribution in [0.15, 0.2) is 41.4 Å². The second-order valence-electron chi connectivity index (χ2n) is 4.76. The van der Waals surface area contributed by atoms with E-state index in [9.17, 15) is 9.00 Å². The molecule has 20 heavy (non-hydrogen) atoms. The lowest BCUT2D eigenvalue weighted by Crippen LogP contribution is -2.38. The summed E-state index contributed by atoms with van der Waals surface area (Å²) < 4.78 is 15.6. The molecule has 7 heteroatoms. The van der Waals surface area contributed by atoms with Crippen LogP contribution in [0.4, 0.5) is 0 Å². The van der Waals surface area contributed by atoms with Gasteiger partial charge in [-0.15, -0.1) is 4.68 Å². The molecule has 2 heterocycles. The Hall–Kier alpha value is -1.34. The van der Waals surface area contributed by atoms with E-state index in [1.165, 1.54) is 0 Å². The smallest absolute Gasteiger partial charge is 0.265 e.